The first kappa shape index (κ1) is 17.5. The molecule has 4 heterocycles. The van der Waals surface area contributed by atoms with Crippen molar-refractivity contribution in [3.05, 3.63) is 83.3 Å². The zero-order valence-corrected chi connectivity index (χ0v) is 16.0. The molecule has 1 amide bonds. The minimum absolute atomic E-state index is 0.0502. The van der Waals surface area contributed by atoms with E-state index in [9.17, 15) is 4.79 Å². The molecule has 1 aliphatic heterocycles. The summed E-state index contributed by atoms with van der Waals surface area (Å²) in [5, 5.41) is 4.26. The van der Waals surface area contributed by atoms with Gasteiger partial charge in [0.25, 0.3) is 5.91 Å². The molecule has 0 fully saturated rings. The molecule has 0 saturated carbocycles. The number of carbonyl (C=O) groups excluding carboxylic acids is 1. The first-order chi connectivity index (χ1) is 14.2. The molecule has 0 saturated heterocycles. The smallest absolute Gasteiger partial charge is 0.258 e. The predicted octanol–water partition coefficient (Wildman–Crippen LogP) is 3.41. The molecular weight excluding hydrogens is 368 g/mol. The van der Waals surface area contributed by atoms with E-state index in [2.05, 4.69) is 10.1 Å². The second-order valence-corrected chi connectivity index (χ2v) is 7.15. The van der Waals surface area contributed by atoms with Gasteiger partial charge >= 0.3 is 0 Å². The molecule has 0 radical (unpaired) electrons. The van der Waals surface area contributed by atoms with E-state index in [1.165, 1.54) is 0 Å². The Balaban J connectivity index is 1.30. The SMILES string of the molecule is Cc1cccc(OCc2nc3c(o2)CN(C(=O)c2cnn4ccccc24)CC3)c1. The molecule has 0 atom stereocenters. The highest BCUT2D eigenvalue weighted by Gasteiger charge is 2.27. The number of hydrogen-bond acceptors (Lipinski definition) is 5. The van der Waals surface area contributed by atoms with E-state index in [1.807, 2.05) is 55.6 Å². The van der Waals surface area contributed by atoms with Gasteiger partial charge in [-0.3, -0.25) is 4.79 Å². The van der Waals surface area contributed by atoms with E-state index in [0.29, 0.717) is 31.0 Å². The molecule has 29 heavy (non-hydrogen) atoms. The number of rotatable bonds is 4. The van der Waals surface area contributed by atoms with Crippen molar-refractivity contribution >= 4 is 11.4 Å². The van der Waals surface area contributed by atoms with Crippen molar-refractivity contribution in [3.63, 3.8) is 0 Å². The summed E-state index contributed by atoms with van der Waals surface area (Å²) in [5.41, 5.74) is 3.43. The van der Waals surface area contributed by atoms with Crippen LogP contribution in [-0.2, 0) is 19.6 Å². The summed E-state index contributed by atoms with van der Waals surface area (Å²) in [6.45, 7) is 3.28. The highest BCUT2D eigenvalue weighted by Crippen LogP contribution is 2.23. The number of aryl methyl sites for hydroxylation is 1. The lowest BCUT2D eigenvalue weighted by molar-refractivity contribution is 0.0720. The number of oxazole rings is 1. The van der Waals surface area contributed by atoms with E-state index >= 15 is 0 Å². The van der Waals surface area contributed by atoms with Crippen LogP contribution in [0.25, 0.3) is 5.52 Å². The van der Waals surface area contributed by atoms with Gasteiger partial charge in [0.15, 0.2) is 6.61 Å². The zero-order chi connectivity index (χ0) is 19.8. The molecule has 3 aromatic heterocycles. The van der Waals surface area contributed by atoms with Gasteiger partial charge in [-0.05, 0) is 36.8 Å². The number of nitrogens with zero attached hydrogens (tertiary/aromatic N) is 4. The standard InChI is InChI=1S/C22H20N4O3/c1-15-5-4-6-16(11-15)28-14-21-24-18-8-10-25(13-20(18)29-21)22(27)17-12-23-26-9-3-2-7-19(17)26/h2-7,9,11-12H,8,10,13-14H2,1H3. The van der Waals surface area contributed by atoms with Crippen molar-refractivity contribution in [2.75, 3.05) is 6.54 Å². The minimum atomic E-state index is -0.0502. The van der Waals surface area contributed by atoms with Crippen molar-refractivity contribution in [1.82, 2.24) is 19.5 Å². The number of ether oxygens (including phenoxy) is 1. The maximum Gasteiger partial charge on any atom is 0.258 e. The van der Waals surface area contributed by atoms with Crippen molar-refractivity contribution in [2.24, 2.45) is 0 Å². The molecule has 1 aromatic carbocycles. The largest absolute Gasteiger partial charge is 0.484 e. The highest BCUT2D eigenvalue weighted by atomic mass is 16.5. The fourth-order valence-electron chi connectivity index (χ4n) is 3.60. The Kier molecular flexibility index (Phi) is 4.27. The molecule has 7 heteroatoms. The van der Waals surface area contributed by atoms with Gasteiger partial charge < -0.3 is 14.1 Å². The Bertz CT molecular complexity index is 1190. The van der Waals surface area contributed by atoms with Gasteiger partial charge in [0, 0.05) is 19.2 Å². The van der Waals surface area contributed by atoms with Crippen LogP contribution in [0.4, 0.5) is 0 Å². The van der Waals surface area contributed by atoms with Crippen LogP contribution >= 0.6 is 0 Å². The van der Waals surface area contributed by atoms with Gasteiger partial charge in [-0.1, -0.05) is 18.2 Å². The van der Waals surface area contributed by atoms with E-state index in [1.54, 1.807) is 15.6 Å². The lowest BCUT2D eigenvalue weighted by Crippen LogP contribution is -2.35. The predicted molar refractivity (Wildman–Crippen MR) is 106 cm³/mol. The molecule has 146 valence electrons. The van der Waals surface area contributed by atoms with Crippen molar-refractivity contribution in [1.29, 1.82) is 0 Å². The minimum Gasteiger partial charge on any atom is -0.484 e. The number of amides is 1. The van der Waals surface area contributed by atoms with Gasteiger partial charge in [0.1, 0.15) is 11.5 Å². The lowest BCUT2D eigenvalue weighted by atomic mass is 10.1. The number of pyridine rings is 1. The molecule has 0 bridgehead atoms. The third-order valence-corrected chi connectivity index (χ3v) is 5.07. The summed E-state index contributed by atoms with van der Waals surface area (Å²) in [6, 6.07) is 13.5. The molecular formula is C22H20N4O3. The molecule has 0 unspecified atom stereocenters. The molecule has 5 rings (SSSR count). The van der Waals surface area contributed by atoms with Crippen molar-refractivity contribution in [2.45, 2.75) is 26.5 Å². The molecule has 4 aromatic rings. The summed E-state index contributed by atoms with van der Waals surface area (Å²) in [5.74, 6) is 1.99. The topological polar surface area (TPSA) is 72.9 Å². The lowest BCUT2D eigenvalue weighted by Gasteiger charge is -2.24. The van der Waals surface area contributed by atoms with Crippen LogP contribution in [0, 0.1) is 6.92 Å². The molecule has 0 aliphatic carbocycles. The summed E-state index contributed by atoms with van der Waals surface area (Å²) in [7, 11) is 0. The van der Waals surface area contributed by atoms with E-state index < -0.39 is 0 Å². The Morgan fingerprint density at radius 2 is 2.17 bits per heavy atom. The first-order valence-corrected chi connectivity index (χ1v) is 9.56. The quantitative estimate of drug-likeness (QED) is 0.536. The normalized spacial score (nSPS) is 13.5. The summed E-state index contributed by atoms with van der Waals surface area (Å²) >= 11 is 0. The zero-order valence-electron chi connectivity index (χ0n) is 16.0. The number of hydrogen-bond donors (Lipinski definition) is 0. The number of benzene rings is 1. The summed E-state index contributed by atoms with van der Waals surface area (Å²) in [4.78, 5) is 19.3. The van der Waals surface area contributed by atoms with Crippen molar-refractivity contribution in [3.8, 4) is 5.75 Å². The third-order valence-electron chi connectivity index (χ3n) is 5.07. The maximum absolute atomic E-state index is 13.0. The Hall–Kier alpha value is -3.61. The van der Waals surface area contributed by atoms with Crippen LogP contribution in [0.5, 0.6) is 5.75 Å². The molecule has 0 spiro atoms. The van der Waals surface area contributed by atoms with E-state index in [0.717, 1.165) is 28.3 Å². The fraction of sp³-hybridized carbons (Fsp3) is 0.227. The van der Waals surface area contributed by atoms with Gasteiger partial charge in [-0.15, -0.1) is 0 Å². The number of aromatic nitrogens is 3. The fourth-order valence-corrected chi connectivity index (χ4v) is 3.60. The van der Waals surface area contributed by atoms with Crippen LogP contribution in [-0.4, -0.2) is 31.9 Å². The van der Waals surface area contributed by atoms with Crippen molar-refractivity contribution < 1.29 is 13.9 Å². The Morgan fingerprint density at radius 3 is 3.07 bits per heavy atom. The Morgan fingerprint density at radius 1 is 1.24 bits per heavy atom. The van der Waals surface area contributed by atoms with Crippen LogP contribution in [0.1, 0.15) is 33.3 Å². The second-order valence-electron chi connectivity index (χ2n) is 7.15. The van der Waals surface area contributed by atoms with Crippen LogP contribution in [0.2, 0.25) is 0 Å². The number of carbonyl (C=O) groups is 1. The van der Waals surface area contributed by atoms with Gasteiger partial charge in [0.05, 0.1) is 29.5 Å². The number of fused-ring (bicyclic) bond motifs is 2. The van der Waals surface area contributed by atoms with E-state index in [-0.39, 0.29) is 12.5 Å². The first-order valence-electron chi connectivity index (χ1n) is 9.56. The Labute approximate surface area is 167 Å². The maximum atomic E-state index is 13.0. The molecule has 0 N–H and O–H groups in total. The summed E-state index contributed by atoms with van der Waals surface area (Å²) in [6.07, 6.45) is 4.11. The molecule has 1 aliphatic rings. The third kappa shape index (κ3) is 3.35. The average Bonchev–Trinajstić information content (AvgIpc) is 3.35. The van der Waals surface area contributed by atoms with Gasteiger partial charge in [0.2, 0.25) is 5.89 Å². The second kappa shape index (κ2) is 7.09. The van der Waals surface area contributed by atoms with Crippen LogP contribution < -0.4 is 4.74 Å². The average molecular weight is 388 g/mol. The van der Waals surface area contributed by atoms with Gasteiger partial charge in [-0.25, -0.2) is 9.50 Å². The van der Waals surface area contributed by atoms with E-state index in [4.69, 9.17) is 9.15 Å². The summed E-state index contributed by atoms with van der Waals surface area (Å²) < 4.78 is 13.4. The van der Waals surface area contributed by atoms with Crippen LogP contribution in [0.3, 0.4) is 0 Å². The monoisotopic (exact) mass is 388 g/mol. The molecule has 7 nitrogen and oxygen atoms in total. The van der Waals surface area contributed by atoms with Gasteiger partial charge in [-0.2, -0.15) is 5.10 Å². The highest BCUT2D eigenvalue weighted by molar-refractivity contribution is 6.00. The van der Waals surface area contributed by atoms with Crippen LogP contribution in [0.15, 0.2) is 59.3 Å².